The summed E-state index contributed by atoms with van der Waals surface area (Å²) in [5, 5.41) is 3.17. The summed E-state index contributed by atoms with van der Waals surface area (Å²) in [7, 11) is -3.13. The van der Waals surface area contributed by atoms with E-state index < -0.39 is 10.0 Å². The van der Waals surface area contributed by atoms with Crippen LogP contribution in [0.25, 0.3) is 0 Å². The molecule has 1 aromatic carbocycles. The Hall–Kier alpha value is -1.60. The lowest BCUT2D eigenvalue weighted by atomic mass is 9.90. The van der Waals surface area contributed by atoms with Gasteiger partial charge in [0.2, 0.25) is 10.0 Å². The predicted molar refractivity (Wildman–Crippen MR) is 90.7 cm³/mol. The molecule has 0 fully saturated rings. The van der Waals surface area contributed by atoms with Crippen molar-refractivity contribution in [1.29, 1.82) is 0 Å². The Balaban J connectivity index is 1.86. The van der Waals surface area contributed by atoms with Crippen LogP contribution in [-0.4, -0.2) is 33.7 Å². The van der Waals surface area contributed by atoms with Gasteiger partial charge in [-0.1, -0.05) is 12.1 Å². The number of fused-ring (bicyclic) bond motifs is 1. The third-order valence-electron chi connectivity index (χ3n) is 3.64. The second-order valence-corrected chi connectivity index (χ2v) is 7.40. The van der Waals surface area contributed by atoms with Gasteiger partial charge in [-0.2, -0.15) is 0 Å². The van der Waals surface area contributed by atoms with Gasteiger partial charge in [-0.15, -0.1) is 0 Å². The Morgan fingerprint density at radius 1 is 1.32 bits per heavy atom. The number of hydrogen-bond donors (Lipinski definition) is 3. The summed E-state index contributed by atoms with van der Waals surface area (Å²) in [6.45, 7) is 0.854. The van der Waals surface area contributed by atoms with E-state index >= 15 is 0 Å². The molecule has 122 valence electrons. The highest BCUT2D eigenvalue weighted by Crippen LogP contribution is 2.27. The average Bonchev–Trinajstić information content (AvgIpc) is 2.46. The zero-order chi connectivity index (χ0) is 16.0. The van der Waals surface area contributed by atoms with Gasteiger partial charge in [-0.25, -0.2) is 13.1 Å². The van der Waals surface area contributed by atoms with Gasteiger partial charge in [-0.3, -0.25) is 4.99 Å². The van der Waals surface area contributed by atoms with Crippen molar-refractivity contribution in [1.82, 2.24) is 4.72 Å². The minimum Gasteiger partial charge on any atom is -0.370 e. The first-order valence-electron chi connectivity index (χ1n) is 7.58. The lowest BCUT2D eigenvalue weighted by molar-refractivity contribution is 0.586. The summed E-state index contributed by atoms with van der Waals surface area (Å²) < 4.78 is 24.3. The van der Waals surface area contributed by atoms with Crippen LogP contribution in [0.2, 0.25) is 0 Å². The fourth-order valence-electron chi connectivity index (χ4n) is 2.61. The molecule has 0 heterocycles. The monoisotopic (exact) mass is 324 g/mol. The molecule has 1 aliphatic rings. The molecule has 0 saturated heterocycles. The van der Waals surface area contributed by atoms with Gasteiger partial charge in [0.1, 0.15) is 0 Å². The quantitative estimate of drug-likeness (QED) is 0.416. The summed E-state index contributed by atoms with van der Waals surface area (Å²) in [6, 6.07) is 6.23. The van der Waals surface area contributed by atoms with E-state index in [1.807, 2.05) is 12.1 Å². The van der Waals surface area contributed by atoms with E-state index in [2.05, 4.69) is 21.1 Å². The third kappa shape index (κ3) is 5.31. The minimum atomic E-state index is -3.13. The number of nitrogens with two attached hydrogens (primary N) is 1. The number of benzene rings is 1. The second kappa shape index (κ2) is 7.60. The minimum absolute atomic E-state index is 0.371. The molecule has 0 bridgehead atoms. The van der Waals surface area contributed by atoms with Gasteiger partial charge in [0, 0.05) is 18.8 Å². The van der Waals surface area contributed by atoms with E-state index in [1.54, 1.807) is 0 Å². The highest BCUT2D eigenvalue weighted by Gasteiger charge is 2.12. The molecule has 1 aromatic rings. The molecule has 0 atom stereocenters. The van der Waals surface area contributed by atoms with Crippen LogP contribution < -0.4 is 15.8 Å². The molecule has 22 heavy (non-hydrogen) atoms. The molecule has 2 rings (SSSR count). The van der Waals surface area contributed by atoms with Gasteiger partial charge < -0.3 is 11.1 Å². The van der Waals surface area contributed by atoms with Crippen LogP contribution in [0.5, 0.6) is 0 Å². The maximum absolute atomic E-state index is 10.9. The second-order valence-electron chi connectivity index (χ2n) is 5.56. The van der Waals surface area contributed by atoms with E-state index in [-0.39, 0.29) is 0 Å². The smallest absolute Gasteiger partial charge is 0.208 e. The molecule has 0 spiro atoms. The summed E-state index contributed by atoms with van der Waals surface area (Å²) in [5.74, 6) is 0.373. The molecule has 7 heteroatoms. The first-order chi connectivity index (χ1) is 10.5. The van der Waals surface area contributed by atoms with Crippen molar-refractivity contribution >= 4 is 21.7 Å². The predicted octanol–water partition coefficient (Wildman–Crippen LogP) is 1.23. The normalized spacial score (nSPS) is 15.4. The van der Waals surface area contributed by atoms with Crippen molar-refractivity contribution in [3.8, 4) is 0 Å². The molecule has 6 nitrogen and oxygen atoms in total. The number of hydrogen-bond acceptors (Lipinski definition) is 3. The standard InChI is InChI=1S/C15H24N4O2S/c1-22(20,21)18-11-5-10-17-15(16)19-14-9-4-7-12-6-2-3-8-13(12)14/h4,7,9,18H,2-3,5-6,8,10-11H2,1H3,(H3,16,17,19). The van der Waals surface area contributed by atoms with Crippen LogP contribution in [-0.2, 0) is 22.9 Å². The zero-order valence-electron chi connectivity index (χ0n) is 12.9. The molecule has 4 N–H and O–H groups in total. The maximum atomic E-state index is 10.9. The number of nitrogens with one attached hydrogen (secondary N) is 2. The van der Waals surface area contributed by atoms with Gasteiger partial charge in [0.15, 0.2) is 5.96 Å². The lowest BCUT2D eigenvalue weighted by Crippen LogP contribution is -2.26. The van der Waals surface area contributed by atoms with E-state index in [4.69, 9.17) is 5.73 Å². The largest absolute Gasteiger partial charge is 0.370 e. The van der Waals surface area contributed by atoms with Crippen molar-refractivity contribution in [2.45, 2.75) is 32.1 Å². The van der Waals surface area contributed by atoms with Gasteiger partial charge in [0.25, 0.3) is 0 Å². The molecule has 0 aliphatic heterocycles. The van der Waals surface area contributed by atoms with Gasteiger partial charge in [0.05, 0.1) is 6.26 Å². The SMILES string of the molecule is CS(=O)(=O)NCCCN=C(N)Nc1cccc2c1CCCC2. The Bertz CT molecular complexity index is 641. The third-order valence-corrected chi connectivity index (χ3v) is 4.37. The number of guanidine groups is 1. The van der Waals surface area contributed by atoms with Crippen LogP contribution in [0.1, 0.15) is 30.4 Å². The van der Waals surface area contributed by atoms with Crippen molar-refractivity contribution in [2.75, 3.05) is 24.7 Å². The molecule has 0 radical (unpaired) electrons. The number of aliphatic imine (C=N–C) groups is 1. The van der Waals surface area contributed by atoms with Crippen LogP contribution in [0.4, 0.5) is 5.69 Å². The summed E-state index contributed by atoms with van der Waals surface area (Å²) in [6.07, 6.45) is 6.41. The average molecular weight is 324 g/mol. The van der Waals surface area contributed by atoms with Crippen LogP contribution >= 0.6 is 0 Å². The molecule has 0 amide bonds. The van der Waals surface area contributed by atoms with Crippen molar-refractivity contribution < 1.29 is 8.42 Å². The Morgan fingerprint density at radius 3 is 2.86 bits per heavy atom. The number of aryl methyl sites for hydroxylation is 1. The van der Waals surface area contributed by atoms with Crippen LogP contribution in [0.15, 0.2) is 23.2 Å². The van der Waals surface area contributed by atoms with E-state index in [0.29, 0.717) is 25.5 Å². The van der Waals surface area contributed by atoms with Gasteiger partial charge in [-0.05, 0) is 49.3 Å². The summed E-state index contributed by atoms with van der Waals surface area (Å²) in [5.41, 5.74) is 9.67. The van der Waals surface area contributed by atoms with E-state index in [1.165, 1.54) is 24.0 Å². The van der Waals surface area contributed by atoms with E-state index in [9.17, 15) is 8.42 Å². The molecule has 0 aromatic heterocycles. The zero-order valence-corrected chi connectivity index (χ0v) is 13.7. The fraction of sp³-hybridized carbons (Fsp3) is 0.533. The van der Waals surface area contributed by atoms with Crippen molar-refractivity contribution in [2.24, 2.45) is 10.7 Å². The van der Waals surface area contributed by atoms with Gasteiger partial charge >= 0.3 is 0 Å². The topological polar surface area (TPSA) is 96.6 Å². The Morgan fingerprint density at radius 2 is 2.09 bits per heavy atom. The van der Waals surface area contributed by atoms with Crippen LogP contribution in [0, 0.1) is 0 Å². The number of nitrogens with zero attached hydrogens (tertiary/aromatic N) is 1. The van der Waals surface area contributed by atoms with E-state index in [0.717, 1.165) is 24.8 Å². The Labute approximate surface area is 132 Å². The molecule has 0 unspecified atom stereocenters. The number of sulfonamides is 1. The summed E-state index contributed by atoms with van der Waals surface area (Å²) in [4.78, 5) is 4.24. The number of rotatable bonds is 6. The molecule has 0 saturated carbocycles. The molecule has 1 aliphatic carbocycles. The molecular weight excluding hydrogens is 300 g/mol. The number of anilines is 1. The maximum Gasteiger partial charge on any atom is 0.208 e. The van der Waals surface area contributed by atoms with Crippen molar-refractivity contribution in [3.63, 3.8) is 0 Å². The highest BCUT2D eigenvalue weighted by atomic mass is 32.2. The fourth-order valence-corrected chi connectivity index (χ4v) is 3.13. The summed E-state index contributed by atoms with van der Waals surface area (Å²) >= 11 is 0. The lowest BCUT2D eigenvalue weighted by Gasteiger charge is -2.19. The van der Waals surface area contributed by atoms with Crippen LogP contribution in [0.3, 0.4) is 0 Å². The first kappa shape index (κ1) is 16.8. The highest BCUT2D eigenvalue weighted by molar-refractivity contribution is 7.88. The Kier molecular flexibility index (Phi) is 5.79. The molecular formula is C15H24N4O2S. The van der Waals surface area contributed by atoms with Crippen molar-refractivity contribution in [3.05, 3.63) is 29.3 Å². The first-order valence-corrected chi connectivity index (χ1v) is 9.47.